The van der Waals surface area contributed by atoms with Gasteiger partial charge in [-0.3, -0.25) is 14.5 Å². The zero-order chi connectivity index (χ0) is 18.4. The summed E-state index contributed by atoms with van der Waals surface area (Å²) in [7, 11) is 0. The van der Waals surface area contributed by atoms with Gasteiger partial charge >= 0.3 is 0 Å². The van der Waals surface area contributed by atoms with E-state index in [0.29, 0.717) is 22.3 Å². The van der Waals surface area contributed by atoms with Crippen LogP contribution >= 0.6 is 24.0 Å². The van der Waals surface area contributed by atoms with Crippen LogP contribution in [0.15, 0.2) is 29.2 Å². The fourth-order valence-corrected chi connectivity index (χ4v) is 3.76. The third-order valence-electron chi connectivity index (χ3n) is 3.90. The molecule has 1 N–H and O–H groups in total. The van der Waals surface area contributed by atoms with E-state index in [2.05, 4.69) is 0 Å². The SMILES string of the molecule is CCN(CCO)C(=O)CCN1C(=O)/C(=C/c2ccc(C)cc2)SC1=S. The number of hydrogen-bond acceptors (Lipinski definition) is 5. The number of rotatable bonds is 7. The smallest absolute Gasteiger partial charge is 0.266 e. The monoisotopic (exact) mass is 378 g/mol. The van der Waals surface area contributed by atoms with Gasteiger partial charge < -0.3 is 10.0 Å². The van der Waals surface area contributed by atoms with Gasteiger partial charge in [0, 0.05) is 26.1 Å². The van der Waals surface area contributed by atoms with Crippen molar-refractivity contribution in [2.24, 2.45) is 0 Å². The van der Waals surface area contributed by atoms with Crippen LogP contribution in [-0.4, -0.2) is 57.3 Å². The lowest BCUT2D eigenvalue weighted by Crippen LogP contribution is -2.37. The average Bonchev–Trinajstić information content (AvgIpc) is 2.86. The van der Waals surface area contributed by atoms with Crippen LogP contribution in [0.5, 0.6) is 0 Å². The Morgan fingerprint density at radius 1 is 1.36 bits per heavy atom. The quantitative estimate of drug-likeness (QED) is 0.583. The number of hydrogen-bond donors (Lipinski definition) is 1. The fraction of sp³-hybridized carbons (Fsp3) is 0.389. The fourth-order valence-electron chi connectivity index (χ4n) is 2.45. The summed E-state index contributed by atoms with van der Waals surface area (Å²) in [5.74, 6) is -0.248. The molecule has 0 aliphatic carbocycles. The van der Waals surface area contributed by atoms with Crippen molar-refractivity contribution in [3.63, 3.8) is 0 Å². The number of thiocarbonyl (C=S) groups is 1. The van der Waals surface area contributed by atoms with Gasteiger partial charge in [0.15, 0.2) is 0 Å². The van der Waals surface area contributed by atoms with Crippen molar-refractivity contribution in [2.45, 2.75) is 20.3 Å². The zero-order valence-electron chi connectivity index (χ0n) is 14.4. The molecule has 1 aromatic rings. The molecule has 1 aromatic carbocycles. The van der Waals surface area contributed by atoms with Crippen molar-refractivity contribution in [3.05, 3.63) is 40.3 Å². The number of nitrogens with zero attached hydrogens (tertiary/aromatic N) is 2. The van der Waals surface area contributed by atoms with E-state index in [1.165, 1.54) is 16.7 Å². The molecule has 1 aliphatic heterocycles. The van der Waals surface area contributed by atoms with Crippen molar-refractivity contribution in [1.29, 1.82) is 0 Å². The van der Waals surface area contributed by atoms with Crippen LogP contribution in [0.3, 0.4) is 0 Å². The van der Waals surface area contributed by atoms with E-state index in [9.17, 15) is 9.59 Å². The summed E-state index contributed by atoms with van der Waals surface area (Å²) in [5, 5.41) is 8.98. The number of carbonyl (C=O) groups is 2. The van der Waals surface area contributed by atoms with E-state index in [1.807, 2.05) is 44.2 Å². The van der Waals surface area contributed by atoms with Crippen molar-refractivity contribution < 1.29 is 14.7 Å². The van der Waals surface area contributed by atoms with Crippen LogP contribution in [0.25, 0.3) is 6.08 Å². The van der Waals surface area contributed by atoms with E-state index in [-0.39, 0.29) is 31.4 Å². The summed E-state index contributed by atoms with van der Waals surface area (Å²) in [5.41, 5.74) is 2.11. The normalized spacial score (nSPS) is 16.0. The highest BCUT2D eigenvalue weighted by Crippen LogP contribution is 2.32. The molecule has 0 unspecified atom stereocenters. The first-order valence-electron chi connectivity index (χ1n) is 8.17. The van der Waals surface area contributed by atoms with Gasteiger partial charge in [-0.05, 0) is 25.5 Å². The Hall–Kier alpha value is -1.70. The van der Waals surface area contributed by atoms with Crippen LogP contribution in [0.2, 0.25) is 0 Å². The number of likely N-dealkylation sites (N-methyl/N-ethyl adjacent to an activating group) is 1. The standard InChI is InChI=1S/C18H22N2O3S2/c1-3-19(10-11-21)16(22)8-9-20-17(23)15(25-18(20)24)12-14-6-4-13(2)5-7-14/h4-7,12,21H,3,8-11H2,1-2H3/b15-12-. The highest BCUT2D eigenvalue weighted by atomic mass is 32.2. The summed E-state index contributed by atoms with van der Waals surface area (Å²) in [4.78, 5) is 28.3. The summed E-state index contributed by atoms with van der Waals surface area (Å²) in [6.45, 7) is 4.90. The lowest BCUT2D eigenvalue weighted by molar-refractivity contribution is -0.132. The van der Waals surface area contributed by atoms with E-state index in [1.54, 1.807) is 4.90 Å². The molecule has 1 heterocycles. The van der Waals surface area contributed by atoms with Gasteiger partial charge in [0.05, 0.1) is 11.5 Å². The molecule has 1 fully saturated rings. The van der Waals surface area contributed by atoms with Gasteiger partial charge in [-0.1, -0.05) is 53.8 Å². The number of carbonyl (C=O) groups excluding carboxylic acids is 2. The first kappa shape index (κ1) is 19.6. The largest absolute Gasteiger partial charge is 0.395 e. The predicted octanol–water partition coefficient (Wildman–Crippen LogP) is 2.43. The van der Waals surface area contributed by atoms with Crippen molar-refractivity contribution >= 4 is 46.2 Å². The van der Waals surface area contributed by atoms with E-state index < -0.39 is 0 Å². The molecule has 5 nitrogen and oxygen atoms in total. The van der Waals surface area contributed by atoms with E-state index >= 15 is 0 Å². The molecule has 0 saturated carbocycles. The van der Waals surface area contributed by atoms with Crippen LogP contribution in [0, 0.1) is 6.92 Å². The minimum atomic E-state index is -0.159. The van der Waals surface area contributed by atoms with Crippen LogP contribution < -0.4 is 0 Å². The Balaban J connectivity index is 2.01. The molecule has 0 bridgehead atoms. The Morgan fingerprint density at radius 2 is 2.04 bits per heavy atom. The maximum Gasteiger partial charge on any atom is 0.266 e. The summed E-state index contributed by atoms with van der Waals surface area (Å²) < 4.78 is 0.473. The highest BCUT2D eigenvalue weighted by molar-refractivity contribution is 8.26. The second kappa shape index (κ2) is 9.12. The van der Waals surface area contributed by atoms with Gasteiger partial charge in [0.25, 0.3) is 5.91 Å². The topological polar surface area (TPSA) is 60.9 Å². The zero-order valence-corrected chi connectivity index (χ0v) is 16.0. The van der Waals surface area contributed by atoms with Crippen molar-refractivity contribution in [2.75, 3.05) is 26.2 Å². The molecule has 2 amide bonds. The Morgan fingerprint density at radius 3 is 2.64 bits per heavy atom. The van der Waals surface area contributed by atoms with Gasteiger partial charge in [0.2, 0.25) is 5.91 Å². The predicted molar refractivity (Wildman–Crippen MR) is 105 cm³/mol. The maximum atomic E-state index is 12.5. The molecule has 2 rings (SSSR count). The molecule has 0 spiro atoms. The second-order valence-electron chi connectivity index (χ2n) is 5.69. The maximum absolute atomic E-state index is 12.5. The Labute approximate surface area is 157 Å². The molecular weight excluding hydrogens is 356 g/mol. The summed E-state index contributed by atoms with van der Waals surface area (Å²) in [6.07, 6.45) is 2.02. The number of aryl methyl sites for hydroxylation is 1. The highest BCUT2D eigenvalue weighted by Gasteiger charge is 2.32. The number of thioether (sulfide) groups is 1. The minimum Gasteiger partial charge on any atom is -0.395 e. The molecule has 7 heteroatoms. The van der Waals surface area contributed by atoms with Gasteiger partial charge in [-0.2, -0.15) is 0 Å². The minimum absolute atomic E-state index is 0.0695. The molecule has 134 valence electrons. The first-order chi connectivity index (χ1) is 12.0. The average molecular weight is 379 g/mol. The van der Waals surface area contributed by atoms with E-state index in [0.717, 1.165) is 11.1 Å². The van der Waals surface area contributed by atoms with Gasteiger partial charge in [0.1, 0.15) is 4.32 Å². The van der Waals surface area contributed by atoms with Crippen LogP contribution in [0.1, 0.15) is 24.5 Å². The number of amides is 2. The first-order valence-corrected chi connectivity index (χ1v) is 9.39. The summed E-state index contributed by atoms with van der Waals surface area (Å²) >= 11 is 6.55. The lowest BCUT2D eigenvalue weighted by atomic mass is 10.1. The van der Waals surface area contributed by atoms with Crippen molar-refractivity contribution in [1.82, 2.24) is 9.80 Å². The number of benzene rings is 1. The van der Waals surface area contributed by atoms with Gasteiger partial charge in [-0.15, -0.1) is 0 Å². The van der Waals surface area contributed by atoms with Crippen LogP contribution in [0.4, 0.5) is 0 Å². The van der Waals surface area contributed by atoms with E-state index in [4.69, 9.17) is 17.3 Å². The molecule has 25 heavy (non-hydrogen) atoms. The molecular formula is C18H22N2O3S2. The second-order valence-corrected chi connectivity index (χ2v) is 7.37. The molecule has 0 radical (unpaired) electrons. The van der Waals surface area contributed by atoms with Crippen molar-refractivity contribution in [3.8, 4) is 0 Å². The lowest BCUT2D eigenvalue weighted by Gasteiger charge is -2.21. The number of aliphatic hydroxyl groups excluding tert-OH is 1. The third kappa shape index (κ3) is 5.14. The molecule has 0 aromatic heterocycles. The molecule has 1 aliphatic rings. The third-order valence-corrected chi connectivity index (χ3v) is 5.28. The van der Waals surface area contributed by atoms with Crippen LogP contribution in [-0.2, 0) is 9.59 Å². The van der Waals surface area contributed by atoms with Gasteiger partial charge in [-0.25, -0.2) is 0 Å². The molecule has 0 atom stereocenters. The Kier molecular flexibility index (Phi) is 7.16. The molecule has 1 saturated heterocycles. The number of aliphatic hydroxyl groups is 1. The summed E-state index contributed by atoms with van der Waals surface area (Å²) in [6, 6.07) is 7.90. The Bertz CT molecular complexity index is 686.